The Morgan fingerprint density at radius 3 is 2.14 bits per heavy atom. The van der Waals surface area contributed by atoms with Crippen LogP contribution in [0.4, 0.5) is 5.69 Å². The lowest BCUT2D eigenvalue weighted by molar-refractivity contribution is 0.102. The summed E-state index contributed by atoms with van der Waals surface area (Å²) in [5.41, 5.74) is 1.45. The number of phenolic OH excluding ortho intramolecular Hbond substituents is 1. The molecule has 0 fully saturated rings. The second-order valence-corrected chi connectivity index (χ2v) is 10.1. The van der Waals surface area contributed by atoms with Gasteiger partial charge in [-0.05, 0) is 61.2 Å². The first kappa shape index (κ1) is 21.9. The lowest BCUT2D eigenvalue weighted by atomic mass is 9.87. The fourth-order valence-corrected chi connectivity index (χ4v) is 3.89. The molecule has 0 saturated heterocycles. The van der Waals surface area contributed by atoms with Gasteiger partial charge in [0.05, 0.1) is 10.6 Å². The summed E-state index contributed by atoms with van der Waals surface area (Å²) in [6, 6.07) is 10.7. The molecule has 2 aromatic rings. The van der Waals surface area contributed by atoms with Crippen molar-refractivity contribution in [3.63, 3.8) is 0 Å². The molecule has 0 unspecified atom stereocenters. The molecule has 1 amide bonds. The van der Waals surface area contributed by atoms with E-state index in [0.29, 0.717) is 11.3 Å². The van der Waals surface area contributed by atoms with Crippen molar-refractivity contribution in [1.29, 1.82) is 0 Å². The van der Waals surface area contributed by atoms with Crippen molar-refractivity contribution in [1.82, 2.24) is 4.31 Å². The molecular weight excluding hydrogens is 376 g/mol. The molecule has 7 heteroatoms. The molecule has 6 nitrogen and oxygen atoms in total. The summed E-state index contributed by atoms with van der Waals surface area (Å²) in [6.07, 6.45) is 0. The average molecular weight is 405 g/mol. The van der Waals surface area contributed by atoms with E-state index < -0.39 is 15.9 Å². The minimum atomic E-state index is -3.61. The summed E-state index contributed by atoms with van der Waals surface area (Å²) in [6.45, 7) is 9.70. The van der Waals surface area contributed by atoms with Gasteiger partial charge < -0.3 is 10.4 Å². The summed E-state index contributed by atoms with van der Waals surface area (Å²) in [7, 11) is -2.09. The van der Waals surface area contributed by atoms with Gasteiger partial charge in [0.2, 0.25) is 10.0 Å². The van der Waals surface area contributed by atoms with Crippen LogP contribution in [0.25, 0.3) is 0 Å². The maximum Gasteiger partial charge on any atom is 0.255 e. The number of aromatic hydroxyl groups is 1. The van der Waals surface area contributed by atoms with Crippen LogP contribution in [0.2, 0.25) is 0 Å². The Hall–Kier alpha value is -2.38. The zero-order valence-corrected chi connectivity index (χ0v) is 18.0. The average Bonchev–Trinajstić information content (AvgIpc) is 2.61. The van der Waals surface area contributed by atoms with Gasteiger partial charge in [-0.25, -0.2) is 8.42 Å². The highest BCUT2D eigenvalue weighted by atomic mass is 32.2. The van der Waals surface area contributed by atoms with E-state index in [9.17, 15) is 18.3 Å². The zero-order chi connectivity index (χ0) is 21.3. The molecule has 2 rings (SSSR count). The van der Waals surface area contributed by atoms with Crippen LogP contribution in [-0.2, 0) is 15.4 Å². The van der Waals surface area contributed by atoms with Crippen molar-refractivity contribution >= 4 is 21.6 Å². The number of carbonyl (C=O) groups is 1. The van der Waals surface area contributed by atoms with E-state index in [2.05, 4.69) is 5.32 Å². The third-order valence-corrected chi connectivity index (χ3v) is 6.68. The summed E-state index contributed by atoms with van der Waals surface area (Å²) in [5.74, 6) is -0.457. The first-order valence-electron chi connectivity index (χ1n) is 9.07. The molecule has 0 aliphatic rings. The van der Waals surface area contributed by atoms with Gasteiger partial charge in [-0.2, -0.15) is 4.31 Å². The van der Waals surface area contributed by atoms with E-state index in [-0.39, 0.29) is 22.1 Å². The van der Waals surface area contributed by atoms with E-state index in [4.69, 9.17) is 0 Å². The summed E-state index contributed by atoms with van der Waals surface area (Å²) in [4.78, 5) is 12.7. The standard InChI is InChI=1S/C21H28N2O4S/c1-14(2)23(6)28(26,27)17-10-7-15(8-11-17)20(25)22-18-13-16(21(3,4)5)9-12-19(18)24/h7-14,24H,1-6H3,(H,22,25). The number of amides is 1. The molecule has 0 bridgehead atoms. The fraction of sp³-hybridized carbons (Fsp3) is 0.381. The summed E-state index contributed by atoms with van der Waals surface area (Å²) < 4.78 is 26.3. The number of carbonyl (C=O) groups excluding carboxylic acids is 1. The molecule has 0 saturated carbocycles. The summed E-state index contributed by atoms with van der Waals surface area (Å²) in [5, 5.41) is 12.8. The van der Waals surface area contributed by atoms with Crippen LogP contribution in [0.15, 0.2) is 47.4 Å². The van der Waals surface area contributed by atoms with Gasteiger partial charge in [0, 0.05) is 18.7 Å². The molecule has 0 spiro atoms. The number of phenols is 1. The van der Waals surface area contributed by atoms with Gasteiger partial charge in [0.1, 0.15) is 5.75 Å². The molecule has 0 aliphatic carbocycles. The molecule has 0 atom stereocenters. The number of sulfonamides is 1. The van der Waals surface area contributed by atoms with Crippen molar-refractivity contribution in [2.75, 3.05) is 12.4 Å². The smallest absolute Gasteiger partial charge is 0.255 e. The highest BCUT2D eigenvalue weighted by Crippen LogP contribution is 2.31. The number of nitrogens with zero attached hydrogens (tertiary/aromatic N) is 1. The zero-order valence-electron chi connectivity index (χ0n) is 17.1. The molecular formula is C21H28N2O4S. The first-order valence-corrected chi connectivity index (χ1v) is 10.5. The van der Waals surface area contributed by atoms with Gasteiger partial charge in [-0.15, -0.1) is 0 Å². The van der Waals surface area contributed by atoms with Crippen LogP contribution in [0, 0.1) is 0 Å². The number of nitrogens with one attached hydrogen (secondary N) is 1. The van der Waals surface area contributed by atoms with Gasteiger partial charge in [-0.3, -0.25) is 4.79 Å². The topological polar surface area (TPSA) is 86.7 Å². The van der Waals surface area contributed by atoms with Crippen molar-refractivity contribution < 1.29 is 18.3 Å². The highest BCUT2D eigenvalue weighted by molar-refractivity contribution is 7.89. The van der Waals surface area contributed by atoms with Crippen molar-refractivity contribution in [2.24, 2.45) is 0 Å². The van der Waals surface area contributed by atoms with E-state index >= 15 is 0 Å². The normalized spacial score (nSPS) is 12.4. The first-order chi connectivity index (χ1) is 12.8. The Morgan fingerprint density at radius 1 is 1.07 bits per heavy atom. The highest BCUT2D eigenvalue weighted by Gasteiger charge is 2.23. The van der Waals surface area contributed by atoms with Crippen LogP contribution in [-0.4, -0.2) is 36.8 Å². The van der Waals surface area contributed by atoms with Crippen LogP contribution in [0.5, 0.6) is 5.75 Å². The monoisotopic (exact) mass is 404 g/mol. The summed E-state index contributed by atoms with van der Waals surface area (Å²) >= 11 is 0. The molecule has 2 N–H and O–H groups in total. The lowest BCUT2D eigenvalue weighted by Gasteiger charge is -2.21. The minimum Gasteiger partial charge on any atom is -0.506 e. The number of rotatable bonds is 5. The van der Waals surface area contributed by atoms with E-state index in [0.717, 1.165) is 5.56 Å². The minimum absolute atomic E-state index is 0.0286. The maximum atomic E-state index is 12.5. The third kappa shape index (κ3) is 4.72. The fourth-order valence-electron chi connectivity index (χ4n) is 2.52. The Labute approximate surface area is 167 Å². The van der Waals surface area contributed by atoms with E-state index in [1.54, 1.807) is 26.0 Å². The SMILES string of the molecule is CC(C)N(C)S(=O)(=O)c1ccc(C(=O)Nc2cc(C(C)(C)C)ccc2O)cc1. The molecule has 0 radical (unpaired) electrons. The van der Waals surface area contributed by atoms with Crippen molar-refractivity contribution in [3.05, 3.63) is 53.6 Å². The molecule has 0 aromatic heterocycles. The molecule has 0 heterocycles. The van der Waals surface area contributed by atoms with Crippen LogP contribution in [0.3, 0.4) is 0 Å². The van der Waals surface area contributed by atoms with Gasteiger partial charge in [-0.1, -0.05) is 26.8 Å². The quantitative estimate of drug-likeness (QED) is 0.738. The second kappa shape index (κ2) is 7.93. The Morgan fingerprint density at radius 2 is 1.64 bits per heavy atom. The molecule has 2 aromatic carbocycles. The Kier molecular flexibility index (Phi) is 6.21. The molecule has 152 valence electrons. The van der Waals surface area contributed by atoms with E-state index in [1.165, 1.54) is 35.6 Å². The van der Waals surface area contributed by atoms with Gasteiger partial charge >= 0.3 is 0 Å². The number of hydrogen-bond acceptors (Lipinski definition) is 4. The maximum absolute atomic E-state index is 12.5. The third-order valence-electron chi connectivity index (χ3n) is 4.63. The van der Waals surface area contributed by atoms with Crippen LogP contribution < -0.4 is 5.32 Å². The molecule has 28 heavy (non-hydrogen) atoms. The lowest BCUT2D eigenvalue weighted by Crippen LogP contribution is -2.33. The van der Waals surface area contributed by atoms with E-state index in [1.807, 2.05) is 26.8 Å². The largest absolute Gasteiger partial charge is 0.506 e. The Bertz CT molecular complexity index is 959. The predicted molar refractivity (Wildman–Crippen MR) is 111 cm³/mol. The van der Waals surface area contributed by atoms with Crippen molar-refractivity contribution in [2.45, 2.75) is 51.0 Å². The van der Waals surface area contributed by atoms with Gasteiger partial charge in [0.15, 0.2) is 0 Å². The van der Waals surface area contributed by atoms with Crippen LogP contribution in [0.1, 0.15) is 50.5 Å². The number of hydrogen-bond donors (Lipinski definition) is 2. The second-order valence-electron chi connectivity index (χ2n) is 8.08. The Balaban J connectivity index is 2.25. The number of anilines is 1. The number of benzene rings is 2. The predicted octanol–water partition coefficient (Wildman–Crippen LogP) is 3.97. The van der Waals surface area contributed by atoms with Crippen molar-refractivity contribution in [3.8, 4) is 5.75 Å². The molecule has 0 aliphatic heterocycles. The van der Waals surface area contributed by atoms with Crippen LogP contribution >= 0.6 is 0 Å². The van der Waals surface area contributed by atoms with Gasteiger partial charge in [0.25, 0.3) is 5.91 Å².